The van der Waals surface area contributed by atoms with Gasteiger partial charge in [-0.1, -0.05) is 88.7 Å². The summed E-state index contributed by atoms with van der Waals surface area (Å²) in [5.41, 5.74) is 1.79. The Morgan fingerprint density at radius 3 is 2.00 bits per heavy atom. The van der Waals surface area contributed by atoms with Gasteiger partial charge in [-0.2, -0.15) is 0 Å². The van der Waals surface area contributed by atoms with Crippen molar-refractivity contribution in [2.24, 2.45) is 0 Å². The number of nitrogens with zero attached hydrogens (tertiary/aromatic N) is 1. The Balaban J connectivity index is 1.84. The van der Waals surface area contributed by atoms with E-state index in [-0.39, 0.29) is 5.92 Å². The molecule has 150 valence electrons. The number of rotatable bonds is 6. The first kappa shape index (κ1) is 20.3. The zero-order chi connectivity index (χ0) is 20.1. The van der Waals surface area contributed by atoms with Gasteiger partial charge >= 0.3 is 0 Å². The second-order valence-corrected chi connectivity index (χ2v) is 8.43. The van der Waals surface area contributed by atoms with Crippen molar-refractivity contribution in [2.45, 2.75) is 11.5 Å². The molecule has 3 nitrogen and oxygen atoms in total. The first-order valence-corrected chi connectivity index (χ1v) is 10.9. The number of hydrogen-bond acceptors (Lipinski definition) is 3. The molecule has 0 bridgehead atoms. The third kappa shape index (κ3) is 4.46. The van der Waals surface area contributed by atoms with Crippen molar-refractivity contribution in [3.63, 3.8) is 0 Å². The summed E-state index contributed by atoms with van der Waals surface area (Å²) >= 11 is 3.53. The third-order valence-corrected chi connectivity index (χ3v) is 6.28. The van der Waals surface area contributed by atoms with Crippen LogP contribution in [0.3, 0.4) is 0 Å². The Labute approximate surface area is 181 Å². The van der Waals surface area contributed by atoms with Crippen LogP contribution in [0, 0.1) is 0 Å². The molecule has 1 aliphatic rings. The Morgan fingerprint density at radius 1 is 0.828 bits per heavy atom. The quantitative estimate of drug-likeness (QED) is 0.583. The fourth-order valence-electron chi connectivity index (χ4n) is 4.17. The topological polar surface area (TPSA) is 32.7 Å². The Bertz CT molecular complexity index is 895. The van der Waals surface area contributed by atoms with Crippen molar-refractivity contribution in [2.75, 3.05) is 32.8 Å². The molecule has 0 aliphatic carbocycles. The molecule has 1 fully saturated rings. The largest absolute Gasteiger partial charge is 0.380 e. The van der Waals surface area contributed by atoms with Crippen molar-refractivity contribution in [1.82, 2.24) is 4.90 Å². The number of ether oxygens (including phenoxy) is 1. The SMILES string of the molecule is O[C@@](c1ccccc1)(c1ccc(Br)cc1)[C@H](CN1CCOCC1)c1ccccc1. The standard InChI is InChI=1S/C25H26BrNO2/c26-23-13-11-22(12-14-23)25(28,21-9-5-2-6-10-21)24(20-7-3-1-4-8-20)19-27-15-17-29-18-16-27/h1-14,24,28H,15-19H2/t24-,25+/m1/s1. The van der Waals surface area contributed by atoms with E-state index >= 15 is 0 Å². The van der Waals surface area contributed by atoms with Crippen LogP contribution in [0.25, 0.3) is 0 Å². The summed E-state index contributed by atoms with van der Waals surface area (Å²) in [4.78, 5) is 2.40. The van der Waals surface area contributed by atoms with Crippen molar-refractivity contribution in [3.05, 3.63) is 106 Å². The second kappa shape index (κ2) is 9.23. The van der Waals surface area contributed by atoms with Gasteiger partial charge in [-0.25, -0.2) is 0 Å². The highest BCUT2D eigenvalue weighted by molar-refractivity contribution is 9.10. The zero-order valence-electron chi connectivity index (χ0n) is 16.4. The molecule has 1 N–H and O–H groups in total. The van der Waals surface area contributed by atoms with E-state index < -0.39 is 5.60 Å². The minimum absolute atomic E-state index is 0.120. The number of morpholine rings is 1. The average Bonchev–Trinajstić information content (AvgIpc) is 2.79. The molecule has 1 heterocycles. The predicted octanol–water partition coefficient (Wildman–Crippen LogP) is 4.80. The highest BCUT2D eigenvalue weighted by Crippen LogP contribution is 2.43. The van der Waals surface area contributed by atoms with Gasteiger partial charge in [-0.15, -0.1) is 0 Å². The van der Waals surface area contributed by atoms with Gasteiger partial charge in [-0.3, -0.25) is 4.90 Å². The Morgan fingerprint density at radius 2 is 1.38 bits per heavy atom. The van der Waals surface area contributed by atoms with Gasteiger partial charge in [0.1, 0.15) is 5.60 Å². The number of benzene rings is 3. The van der Waals surface area contributed by atoms with Crippen LogP contribution in [0.2, 0.25) is 0 Å². The monoisotopic (exact) mass is 451 g/mol. The van der Waals surface area contributed by atoms with Crippen LogP contribution >= 0.6 is 15.9 Å². The highest BCUT2D eigenvalue weighted by atomic mass is 79.9. The molecule has 0 aromatic heterocycles. The van der Waals surface area contributed by atoms with Gasteiger partial charge < -0.3 is 9.84 Å². The normalized spacial score (nSPS) is 18.1. The third-order valence-electron chi connectivity index (χ3n) is 5.75. The molecular formula is C25H26BrNO2. The van der Waals surface area contributed by atoms with E-state index in [9.17, 15) is 5.11 Å². The fourth-order valence-corrected chi connectivity index (χ4v) is 4.44. The molecule has 1 aliphatic heterocycles. The van der Waals surface area contributed by atoms with Gasteiger partial charge in [0.15, 0.2) is 0 Å². The van der Waals surface area contributed by atoms with E-state index in [0.29, 0.717) is 0 Å². The van der Waals surface area contributed by atoms with Crippen LogP contribution in [0.15, 0.2) is 89.4 Å². The average molecular weight is 452 g/mol. The van der Waals surface area contributed by atoms with Crippen LogP contribution in [-0.4, -0.2) is 42.9 Å². The van der Waals surface area contributed by atoms with E-state index in [1.807, 2.05) is 60.7 Å². The summed E-state index contributed by atoms with van der Waals surface area (Å²) in [5, 5.41) is 12.4. The van der Waals surface area contributed by atoms with Crippen LogP contribution < -0.4 is 0 Å². The van der Waals surface area contributed by atoms with E-state index in [1.165, 1.54) is 0 Å². The molecule has 0 spiro atoms. The van der Waals surface area contributed by atoms with Crippen molar-refractivity contribution in [3.8, 4) is 0 Å². The second-order valence-electron chi connectivity index (χ2n) is 7.52. The van der Waals surface area contributed by atoms with Gasteiger partial charge in [0.25, 0.3) is 0 Å². The minimum atomic E-state index is -1.15. The van der Waals surface area contributed by atoms with Gasteiger partial charge in [0, 0.05) is 30.0 Å². The fraction of sp³-hybridized carbons (Fsp3) is 0.280. The van der Waals surface area contributed by atoms with E-state index in [0.717, 1.165) is 54.0 Å². The number of aliphatic hydroxyl groups is 1. The summed E-state index contributed by atoms with van der Waals surface area (Å²) in [6.07, 6.45) is 0. The molecule has 3 aromatic rings. The van der Waals surface area contributed by atoms with E-state index in [2.05, 4.69) is 45.1 Å². The van der Waals surface area contributed by atoms with Crippen molar-refractivity contribution >= 4 is 15.9 Å². The summed E-state index contributed by atoms with van der Waals surface area (Å²) in [6, 6.07) is 28.4. The highest BCUT2D eigenvalue weighted by Gasteiger charge is 2.42. The minimum Gasteiger partial charge on any atom is -0.380 e. The molecule has 0 radical (unpaired) electrons. The maximum absolute atomic E-state index is 12.4. The molecule has 29 heavy (non-hydrogen) atoms. The van der Waals surface area contributed by atoms with Gasteiger partial charge in [0.05, 0.1) is 13.2 Å². The lowest BCUT2D eigenvalue weighted by atomic mass is 9.72. The first-order chi connectivity index (χ1) is 14.2. The van der Waals surface area contributed by atoms with Gasteiger partial charge in [-0.05, 0) is 28.8 Å². The van der Waals surface area contributed by atoms with Crippen molar-refractivity contribution in [1.29, 1.82) is 0 Å². The smallest absolute Gasteiger partial charge is 0.123 e. The Hall–Kier alpha value is -1.98. The lowest BCUT2D eigenvalue weighted by Crippen LogP contribution is -2.45. The molecule has 4 heteroatoms. The van der Waals surface area contributed by atoms with Crippen LogP contribution in [0.5, 0.6) is 0 Å². The number of hydrogen-bond donors (Lipinski definition) is 1. The summed E-state index contributed by atoms with van der Waals surface area (Å²) in [7, 11) is 0. The molecule has 2 atom stereocenters. The molecule has 4 rings (SSSR count). The summed E-state index contributed by atoms with van der Waals surface area (Å²) < 4.78 is 6.55. The van der Waals surface area contributed by atoms with Crippen LogP contribution in [0.1, 0.15) is 22.6 Å². The van der Waals surface area contributed by atoms with E-state index in [1.54, 1.807) is 0 Å². The predicted molar refractivity (Wildman–Crippen MR) is 120 cm³/mol. The molecule has 1 saturated heterocycles. The molecule has 0 saturated carbocycles. The molecule has 0 unspecified atom stereocenters. The summed E-state index contributed by atoms with van der Waals surface area (Å²) in [6.45, 7) is 4.00. The first-order valence-electron chi connectivity index (χ1n) is 10.1. The molecule has 3 aromatic carbocycles. The molecule has 0 amide bonds. The maximum atomic E-state index is 12.4. The van der Waals surface area contributed by atoms with Crippen LogP contribution in [-0.2, 0) is 10.3 Å². The lowest BCUT2D eigenvalue weighted by Gasteiger charge is -2.41. The summed E-state index contributed by atoms with van der Waals surface area (Å²) in [5.74, 6) is -0.120. The van der Waals surface area contributed by atoms with Gasteiger partial charge in [0.2, 0.25) is 0 Å². The van der Waals surface area contributed by atoms with Crippen LogP contribution in [0.4, 0.5) is 0 Å². The van der Waals surface area contributed by atoms with E-state index in [4.69, 9.17) is 4.74 Å². The maximum Gasteiger partial charge on any atom is 0.123 e. The lowest BCUT2D eigenvalue weighted by molar-refractivity contribution is 0.000763. The zero-order valence-corrected chi connectivity index (χ0v) is 18.0. The number of halogens is 1. The molecular weight excluding hydrogens is 426 g/mol. The Kier molecular flexibility index (Phi) is 6.46. The van der Waals surface area contributed by atoms with Crippen molar-refractivity contribution < 1.29 is 9.84 Å².